The molecule has 5 nitrogen and oxygen atoms in total. The smallest absolute Gasteiger partial charge is 0.260 e. The van der Waals surface area contributed by atoms with E-state index in [1.165, 1.54) is 11.2 Å². The van der Waals surface area contributed by atoms with Gasteiger partial charge in [-0.25, -0.2) is 9.97 Å². The summed E-state index contributed by atoms with van der Waals surface area (Å²) in [7, 11) is 1.76. The van der Waals surface area contributed by atoms with Gasteiger partial charge in [-0.2, -0.15) is 0 Å². The van der Waals surface area contributed by atoms with Gasteiger partial charge in [0.15, 0.2) is 6.61 Å². The second-order valence-corrected chi connectivity index (χ2v) is 7.83. The topological polar surface area (TPSA) is 55.3 Å². The van der Waals surface area contributed by atoms with Crippen LogP contribution in [0.3, 0.4) is 0 Å². The van der Waals surface area contributed by atoms with E-state index >= 15 is 0 Å². The second kappa shape index (κ2) is 7.49. The van der Waals surface area contributed by atoms with Gasteiger partial charge in [0.25, 0.3) is 5.91 Å². The van der Waals surface area contributed by atoms with Crippen molar-refractivity contribution >= 4 is 43.4 Å². The molecule has 0 saturated heterocycles. The maximum atomic E-state index is 12.4. The molecule has 0 atom stereocenters. The van der Waals surface area contributed by atoms with Gasteiger partial charge in [0, 0.05) is 22.9 Å². The fourth-order valence-corrected chi connectivity index (χ4v) is 3.87. The Kier molecular flexibility index (Phi) is 5.34. The van der Waals surface area contributed by atoms with E-state index in [-0.39, 0.29) is 12.5 Å². The molecule has 0 aliphatic heterocycles. The van der Waals surface area contributed by atoms with Crippen LogP contribution in [-0.2, 0) is 11.3 Å². The van der Waals surface area contributed by atoms with Crippen molar-refractivity contribution in [3.63, 3.8) is 0 Å². The Morgan fingerprint density at radius 2 is 2.04 bits per heavy atom. The average molecular weight is 420 g/mol. The van der Waals surface area contributed by atoms with Crippen molar-refractivity contribution in [1.29, 1.82) is 0 Å². The number of ether oxygens (including phenoxy) is 1. The molecule has 0 spiro atoms. The number of aryl methyl sites for hydroxylation is 2. The highest BCUT2D eigenvalue weighted by Crippen LogP contribution is 2.33. The Labute approximate surface area is 158 Å². The summed E-state index contributed by atoms with van der Waals surface area (Å²) in [4.78, 5) is 24.6. The maximum absolute atomic E-state index is 12.4. The van der Waals surface area contributed by atoms with E-state index in [0.717, 1.165) is 25.8 Å². The van der Waals surface area contributed by atoms with E-state index in [4.69, 9.17) is 4.74 Å². The molecule has 0 N–H and O–H groups in total. The van der Waals surface area contributed by atoms with Gasteiger partial charge < -0.3 is 9.64 Å². The highest BCUT2D eigenvalue weighted by Gasteiger charge is 2.16. The van der Waals surface area contributed by atoms with Crippen LogP contribution >= 0.6 is 27.3 Å². The molecule has 130 valence electrons. The van der Waals surface area contributed by atoms with E-state index in [1.54, 1.807) is 23.3 Å². The number of hydrogen-bond acceptors (Lipinski definition) is 5. The Bertz CT molecular complexity index is 926. The Morgan fingerprint density at radius 1 is 1.28 bits per heavy atom. The Morgan fingerprint density at radius 3 is 2.80 bits per heavy atom. The minimum atomic E-state index is -0.105. The number of hydrogen-bond donors (Lipinski definition) is 0. The first-order chi connectivity index (χ1) is 12.0. The molecule has 1 aromatic carbocycles. The van der Waals surface area contributed by atoms with Gasteiger partial charge >= 0.3 is 0 Å². The largest absolute Gasteiger partial charge is 0.467 e. The number of aromatic nitrogens is 2. The van der Waals surface area contributed by atoms with Crippen LogP contribution in [0.2, 0.25) is 0 Å². The molecule has 0 bridgehead atoms. The fraction of sp³-hybridized carbons (Fsp3) is 0.278. The van der Waals surface area contributed by atoms with Crippen molar-refractivity contribution in [3.05, 3.63) is 51.1 Å². The monoisotopic (exact) mass is 419 g/mol. The molecule has 0 aliphatic carbocycles. The number of amides is 1. The third-order valence-corrected chi connectivity index (χ3v) is 5.94. The molecule has 2 heterocycles. The van der Waals surface area contributed by atoms with Gasteiger partial charge in [0.1, 0.15) is 11.2 Å². The number of nitrogens with zero attached hydrogens (tertiary/aromatic N) is 3. The minimum absolute atomic E-state index is 0.0542. The van der Waals surface area contributed by atoms with E-state index in [0.29, 0.717) is 12.4 Å². The normalized spacial score (nSPS) is 10.9. The van der Waals surface area contributed by atoms with Crippen molar-refractivity contribution < 1.29 is 9.53 Å². The molecule has 3 aromatic rings. The van der Waals surface area contributed by atoms with Crippen molar-refractivity contribution in [2.24, 2.45) is 0 Å². The number of carbonyl (C=O) groups is 1. The maximum Gasteiger partial charge on any atom is 0.260 e. The molecule has 0 saturated carbocycles. The quantitative estimate of drug-likeness (QED) is 0.624. The lowest BCUT2D eigenvalue weighted by atomic mass is 10.2. The summed E-state index contributed by atoms with van der Waals surface area (Å²) < 4.78 is 6.70. The van der Waals surface area contributed by atoms with E-state index in [9.17, 15) is 4.79 Å². The Hall–Kier alpha value is -1.99. The minimum Gasteiger partial charge on any atom is -0.467 e. The van der Waals surface area contributed by atoms with Crippen LogP contribution < -0.4 is 4.74 Å². The lowest BCUT2D eigenvalue weighted by Crippen LogP contribution is -2.31. The summed E-state index contributed by atoms with van der Waals surface area (Å²) in [5.74, 6) is 0.363. The van der Waals surface area contributed by atoms with Crippen LogP contribution in [-0.4, -0.2) is 34.4 Å². The van der Waals surface area contributed by atoms with Crippen LogP contribution in [0, 0.1) is 13.8 Å². The number of fused-ring (bicyclic) bond motifs is 1. The molecular formula is C18H18BrN3O2S. The molecule has 0 unspecified atom stereocenters. The van der Waals surface area contributed by atoms with Gasteiger partial charge in [-0.15, -0.1) is 11.3 Å². The van der Waals surface area contributed by atoms with Crippen molar-refractivity contribution in [1.82, 2.24) is 14.9 Å². The van der Waals surface area contributed by atoms with Crippen molar-refractivity contribution in [2.75, 3.05) is 13.7 Å². The standard InChI is InChI=1S/C18H18BrN3O2S/c1-11-12(2)25-18-16(11)17(20-10-21-18)24-9-15(23)22(3)8-13-6-4-5-7-14(13)19/h4-7,10H,8-9H2,1-3H3. The molecule has 0 aliphatic rings. The summed E-state index contributed by atoms with van der Waals surface area (Å²) in [6, 6.07) is 7.85. The third-order valence-electron chi connectivity index (χ3n) is 4.05. The molecule has 0 radical (unpaired) electrons. The summed E-state index contributed by atoms with van der Waals surface area (Å²) in [5.41, 5.74) is 2.15. The SMILES string of the molecule is Cc1sc2ncnc(OCC(=O)N(C)Cc3ccccc3Br)c2c1C. The first kappa shape index (κ1) is 17.8. The average Bonchev–Trinajstić information content (AvgIpc) is 2.89. The van der Waals surface area contributed by atoms with Crippen LogP contribution in [0.1, 0.15) is 16.0 Å². The molecule has 25 heavy (non-hydrogen) atoms. The molecule has 1 amide bonds. The summed E-state index contributed by atoms with van der Waals surface area (Å²) in [6.07, 6.45) is 1.47. The van der Waals surface area contributed by atoms with E-state index in [2.05, 4.69) is 25.9 Å². The lowest BCUT2D eigenvalue weighted by molar-refractivity contribution is -0.132. The number of benzene rings is 1. The lowest BCUT2D eigenvalue weighted by Gasteiger charge is -2.18. The predicted octanol–water partition coefficient (Wildman–Crippen LogP) is 4.11. The molecular weight excluding hydrogens is 402 g/mol. The van der Waals surface area contributed by atoms with Crippen LogP contribution in [0.5, 0.6) is 5.88 Å². The highest BCUT2D eigenvalue weighted by molar-refractivity contribution is 9.10. The first-order valence-electron chi connectivity index (χ1n) is 7.78. The predicted molar refractivity (Wildman–Crippen MR) is 103 cm³/mol. The summed E-state index contributed by atoms with van der Waals surface area (Å²) in [6.45, 7) is 4.52. The van der Waals surface area contributed by atoms with Crippen LogP contribution in [0.15, 0.2) is 35.1 Å². The van der Waals surface area contributed by atoms with Gasteiger partial charge in [0.05, 0.1) is 5.39 Å². The number of halogens is 1. The zero-order chi connectivity index (χ0) is 18.0. The number of carbonyl (C=O) groups excluding carboxylic acids is 1. The van der Waals surface area contributed by atoms with Crippen molar-refractivity contribution in [2.45, 2.75) is 20.4 Å². The van der Waals surface area contributed by atoms with Gasteiger partial charge in [0.2, 0.25) is 5.88 Å². The zero-order valence-electron chi connectivity index (χ0n) is 14.2. The molecule has 7 heteroatoms. The third kappa shape index (κ3) is 3.82. The summed E-state index contributed by atoms with van der Waals surface area (Å²) in [5, 5.41) is 0.895. The van der Waals surface area contributed by atoms with Gasteiger partial charge in [-0.3, -0.25) is 4.79 Å². The number of likely N-dealkylation sites (N-methyl/N-ethyl adjacent to an activating group) is 1. The first-order valence-corrected chi connectivity index (χ1v) is 9.39. The van der Waals surface area contributed by atoms with E-state index < -0.39 is 0 Å². The zero-order valence-corrected chi connectivity index (χ0v) is 16.6. The number of rotatable bonds is 5. The van der Waals surface area contributed by atoms with Crippen LogP contribution in [0.25, 0.3) is 10.2 Å². The Balaban J connectivity index is 1.69. The van der Waals surface area contributed by atoms with Crippen molar-refractivity contribution in [3.8, 4) is 5.88 Å². The van der Waals surface area contributed by atoms with E-state index in [1.807, 2.05) is 38.1 Å². The molecule has 2 aromatic heterocycles. The summed E-state index contributed by atoms with van der Waals surface area (Å²) >= 11 is 5.11. The highest BCUT2D eigenvalue weighted by atomic mass is 79.9. The molecule has 0 fully saturated rings. The molecule has 3 rings (SSSR count). The number of thiophene rings is 1. The fourth-order valence-electron chi connectivity index (χ4n) is 2.47. The van der Waals surface area contributed by atoms with Gasteiger partial charge in [-0.1, -0.05) is 34.1 Å². The van der Waals surface area contributed by atoms with Gasteiger partial charge in [-0.05, 0) is 31.0 Å². The van der Waals surface area contributed by atoms with Crippen LogP contribution in [0.4, 0.5) is 0 Å². The second-order valence-electron chi connectivity index (χ2n) is 5.77.